The standard InChI is InChI=1S/C13H8F4O6S2/c14-8-1-3-12(10(16)5-8)24(18,19)22-7-23-25(20,21)13-4-2-9(15)6-11(13)17/h1-6H,7H2. The Hall–Kier alpha value is -2.02. The molecule has 0 bridgehead atoms. The maximum absolute atomic E-state index is 13.4. The van der Waals surface area contributed by atoms with Crippen LogP contribution < -0.4 is 0 Å². The molecular formula is C13H8F4O6S2. The van der Waals surface area contributed by atoms with Crippen molar-refractivity contribution < 1.29 is 42.8 Å². The maximum atomic E-state index is 13.4. The summed E-state index contributed by atoms with van der Waals surface area (Å²) >= 11 is 0. The second-order valence-corrected chi connectivity index (χ2v) is 7.58. The van der Waals surface area contributed by atoms with Gasteiger partial charge >= 0.3 is 20.2 Å². The van der Waals surface area contributed by atoms with E-state index in [1.165, 1.54) is 0 Å². The zero-order valence-corrected chi connectivity index (χ0v) is 13.6. The Morgan fingerprint density at radius 1 is 0.680 bits per heavy atom. The zero-order chi connectivity index (χ0) is 18.8. The Kier molecular flexibility index (Phi) is 5.46. The van der Waals surface area contributed by atoms with E-state index in [9.17, 15) is 34.4 Å². The van der Waals surface area contributed by atoms with Gasteiger partial charge in [-0.3, -0.25) is 0 Å². The first-order chi connectivity index (χ1) is 11.5. The van der Waals surface area contributed by atoms with E-state index in [0.717, 1.165) is 0 Å². The number of rotatable bonds is 6. The summed E-state index contributed by atoms with van der Waals surface area (Å²) in [5.74, 6) is -5.01. The minimum atomic E-state index is -4.81. The molecule has 6 nitrogen and oxygen atoms in total. The van der Waals surface area contributed by atoms with Crippen LogP contribution in [0.2, 0.25) is 0 Å². The topological polar surface area (TPSA) is 86.7 Å². The summed E-state index contributed by atoms with van der Waals surface area (Å²) in [5, 5.41) is 0. The van der Waals surface area contributed by atoms with E-state index >= 15 is 0 Å². The molecule has 2 aromatic rings. The second-order valence-electron chi connectivity index (χ2n) is 4.41. The van der Waals surface area contributed by atoms with Crippen molar-refractivity contribution in [3.8, 4) is 0 Å². The van der Waals surface area contributed by atoms with Crippen molar-refractivity contribution in [3.63, 3.8) is 0 Å². The van der Waals surface area contributed by atoms with Gasteiger partial charge in [-0.15, -0.1) is 0 Å². The van der Waals surface area contributed by atoms with Gasteiger partial charge in [-0.2, -0.15) is 16.8 Å². The Morgan fingerprint density at radius 2 is 1.04 bits per heavy atom. The van der Waals surface area contributed by atoms with Crippen LogP contribution in [0.5, 0.6) is 0 Å². The van der Waals surface area contributed by atoms with Crippen LogP contribution in [0.15, 0.2) is 46.2 Å². The Bertz CT molecular complexity index is 924. The predicted octanol–water partition coefficient (Wildman–Crippen LogP) is 2.31. The molecule has 2 aromatic carbocycles. The third-order valence-electron chi connectivity index (χ3n) is 2.73. The molecule has 0 heterocycles. The van der Waals surface area contributed by atoms with Crippen LogP contribution in [0.1, 0.15) is 0 Å². The van der Waals surface area contributed by atoms with Crippen molar-refractivity contribution in [1.82, 2.24) is 0 Å². The largest absolute Gasteiger partial charge is 0.302 e. The molecular weight excluding hydrogens is 392 g/mol. The molecule has 0 aliphatic rings. The predicted molar refractivity (Wildman–Crippen MR) is 74.1 cm³/mol. The van der Waals surface area contributed by atoms with Crippen molar-refractivity contribution in [1.29, 1.82) is 0 Å². The van der Waals surface area contributed by atoms with Gasteiger partial charge in [0.2, 0.25) is 0 Å². The maximum Gasteiger partial charge on any atom is 0.302 e. The van der Waals surface area contributed by atoms with E-state index in [2.05, 4.69) is 8.37 Å². The van der Waals surface area contributed by atoms with E-state index < -0.39 is 60.1 Å². The summed E-state index contributed by atoms with van der Waals surface area (Å²) in [6, 6.07) is 2.97. The summed E-state index contributed by atoms with van der Waals surface area (Å²) < 4.78 is 108. The van der Waals surface area contributed by atoms with Gasteiger partial charge in [0.05, 0.1) is 0 Å². The lowest BCUT2D eigenvalue weighted by molar-refractivity contribution is 0.131. The third kappa shape index (κ3) is 4.54. The van der Waals surface area contributed by atoms with E-state index in [1.54, 1.807) is 0 Å². The summed E-state index contributed by atoms with van der Waals surface area (Å²) in [4.78, 5) is -2.11. The fourth-order valence-corrected chi connectivity index (χ4v) is 3.36. The van der Waals surface area contributed by atoms with Crippen LogP contribution in [0.3, 0.4) is 0 Å². The minimum Gasteiger partial charge on any atom is -0.236 e. The molecule has 2 rings (SSSR count). The van der Waals surface area contributed by atoms with Gasteiger partial charge in [-0.05, 0) is 24.3 Å². The van der Waals surface area contributed by atoms with Crippen molar-refractivity contribution in [2.75, 3.05) is 6.79 Å². The fourth-order valence-electron chi connectivity index (χ4n) is 1.63. The first kappa shape index (κ1) is 19.3. The highest BCUT2D eigenvalue weighted by atomic mass is 32.2. The van der Waals surface area contributed by atoms with Crippen molar-refractivity contribution >= 4 is 20.2 Å². The molecule has 0 atom stereocenters. The van der Waals surface area contributed by atoms with Gasteiger partial charge in [-0.25, -0.2) is 25.9 Å². The van der Waals surface area contributed by atoms with E-state index in [0.29, 0.717) is 24.3 Å². The highest BCUT2D eigenvalue weighted by molar-refractivity contribution is 7.87. The minimum absolute atomic E-state index is 0.279. The zero-order valence-electron chi connectivity index (χ0n) is 11.9. The molecule has 0 aliphatic carbocycles. The van der Waals surface area contributed by atoms with Crippen LogP contribution in [-0.4, -0.2) is 23.6 Å². The van der Waals surface area contributed by atoms with Crippen LogP contribution >= 0.6 is 0 Å². The number of hydrogen-bond donors (Lipinski definition) is 0. The average Bonchev–Trinajstić information content (AvgIpc) is 2.45. The lowest BCUT2D eigenvalue weighted by Crippen LogP contribution is -2.16. The summed E-state index contributed by atoms with van der Waals surface area (Å²) in [7, 11) is -9.63. The number of halogens is 4. The molecule has 0 aliphatic heterocycles. The lowest BCUT2D eigenvalue weighted by atomic mass is 10.3. The second kappa shape index (κ2) is 7.07. The monoisotopic (exact) mass is 400 g/mol. The smallest absolute Gasteiger partial charge is 0.236 e. The van der Waals surface area contributed by atoms with Gasteiger partial charge in [0, 0.05) is 12.1 Å². The molecule has 25 heavy (non-hydrogen) atoms. The van der Waals surface area contributed by atoms with Gasteiger partial charge in [-0.1, -0.05) is 0 Å². The molecule has 136 valence electrons. The van der Waals surface area contributed by atoms with Crippen molar-refractivity contribution in [3.05, 3.63) is 59.7 Å². The fraction of sp³-hybridized carbons (Fsp3) is 0.0769. The molecule has 0 aromatic heterocycles. The quantitative estimate of drug-likeness (QED) is 0.420. The lowest BCUT2D eigenvalue weighted by Gasteiger charge is -2.08. The highest BCUT2D eigenvalue weighted by Crippen LogP contribution is 2.20. The summed E-state index contributed by atoms with van der Waals surface area (Å²) in [5.41, 5.74) is 0. The average molecular weight is 400 g/mol. The Balaban J connectivity index is 2.13. The highest BCUT2D eigenvalue weighted by Gasteiger charge is 2.25. The van der Waals surface area contributed by atoms with E-state index in [-0.39, 0.29) is 12.1 Å². The normalized spacial score (nSPS) is 12.3. The molecule has 0 saturated carbocycles. The van der Waals surface area contributed by atoms with E-state index in [4.69, 9.17) is 0 Å². The van der Waals surface area contributed by atoms with Crippen molar-refractivity contribution in [2.45, 2.75) is 9.79 Å². The van der Waals surface area contributed by atoms with E-state index in [1.807, 2.05) is 0 Å². The molecule has 0 fully saturated rings. The molecule has 0 N–H and O–H groups in total. The number of benzene rings is 2. The Labute approximate surface area is 139 Å². The molecule has 0 spiro atoms. The third-order valence-corrected chi connectivity index (χ3v) is 5.29. The van der Waals surface area contributed by atoms with Crippen molar-refractivity contribution in [2.24, 2.45) is 0 Å². The van der Waals surface area contributed by atoms with Crippen LogP contribution in [0, 0.1) is 23.3 Å². The SMILES string of the molecule is O=S(=O)(OCOS(=O)(=O)c1ccc(F)cc1F)c1ccc(F)cc1F. The Morgan fingerprint density at radius 3 is 1.36 bits per heavy atom. The van der Waals surface area contributed by atoms with Gasteiger partial charge in [0.25, 0.3) is 0 Å². The van der Waals surface area contributed by atoms with Crippen LogP contribution in [0.25, 0.3) is 0 Å². The molecule has 0 saturated heterocycles. The molecule has 0 amide bonds. The number of hydrogen-bond acceptors (Lipinski definition) is 6. The van der Waals surface area contributed by atoms with Gasteiger partial charge in [0.15, 0.2) is 6.79 Å². The molecule has 12 heteroatoms. The first-order valence-electron chi connectivity index (χ1n) is 6.22. The van der Waals surface area contributed by atoms with Gasteiger partial charge < -0.3 is 0 Å². The van der Waals surface area contributed by atoms with Crippen LogP contribution in [-0.2, 0) is 28.6 Å². The summed E-state index contributed by atoms with van der Waals surface area (Å²) in [6.07, 6.45) is 0. The molecule has 0 radical (unpaired) electrons. The van der Waals surface area contributed by atoms with Crippen LogP contribution in [0.4, 0.5) is 17.6 Å². The summed E-state index contributed by atoms with van der Waals surface area (Å²) in [6.45, 7) is -1.45. The van der Waals surface area contributed by atoms with Gasteiger partial charge in [0.1, 0.15) is 33.1 Å². The first-order valence-corrected chi connectivity index (χ1v) is 9.03. The molecule has 0 unspecified atom stereocenters.